The number of para-hydroxylation sites is 1. The summed E-state index contributed by atoms with van der Waals surface area (Å²) in [6.45, 7) is 1.34. The van der Waals surface area contributed by atoms with Crippen LogP contribution in [0.5, 0.6) is 0 Å². The Hall–Kier alpha value is -2.35. The van der Waals surface area contributed by atoms with Crippen molar-refractivity contribution in [3.63, 3.8) is 0 Å². The topological polar surface area (TPSA) is 112 Å². The molecule has 0 aliphatic rings. The van der Waals surface area contributed by atoms with Gasteiger partial charge in [0.1, 0.15) is 0 Å². The van der Waals surface area contributed by atoms with Crippen molar-refractivity contribution in [2.24, 2.45) is 0 Å². The molecule has 1 heterocycles. The first-order valence-corrected chi connectivity index (χ1v) is 6.79. The van der Waals surface area contributed by atoms with Crippen molar-refractivity contribution < 1.29 is 8.42 Å². The molecule has 19 heavy (non-hydrogen) atoms. The second-order valence-electron chi connectivity index (χ2n) is 3.83. The van der Waals surface area contributed by atoms with E-state index in [1.807, 2.05) is 4.98 Å². The standard InChI is InChI=1S/C11H11N3O4S/c1-7-9(10(15)13-11(16)12-7)19(17,18)14-8-5-3-2-4-6-8/h2-6,14H,1H3,(H2,12,13,15,16). The second-order valence-corrected chi connectivity index (χ2v) is 5.45. The van der Waals surface area contributed by atoms with E-state index in [9.17, 15) is 18.0 Å². The molecule has 1 aromatic heterocycles. The van der Waals surface area contributed by atoms with Gasteiger partial charge < -0.3 is 4.98 Å². The molecular formula is C11H11N3O4S. The molecule has 7 nitrogen and oxygen atoms in total. The maximum atomic E-state index is 12.1. The van der Waals surface area contributed by atoms with Crippen LogP contribution in [0.4, 0.5) is 5.69 Å². The number of nitrogens with one attached hydrogen (secondary N) is 3. The highest BCUT2D eigenvalue weighted by molar-refractivity contribution is 7.92. The van der Waals surface area contributed by atoms with Crippen LogP contribution in [0.2, 0.25) is 0 Å². The Balaban J connectivity index is 2.53. The molecule has 0 amide bonds. The molecule has 8 heteroatoms. The van der Waals surface area contributed by atoms with Crippen LogP contribution < -0.4 is 16.0 Å². The third-order valence-electron chi connectivity index (χ3n) is 2.37. The second kappa shape index (κ2) is 4.73. The van der Waals surface area contributed by atoms with Crippen LogP contribution >= 0.6 is 0 Å². The Kier molecular flexibility index (Phi) is 3.26. The van der Waals surface area contributed by atoms with Crippen molar-refractivity contribution in [3.05, 3.63) is 56.9 Å². The molecular weight excluding hydrogens is 270 g/mol. The Labute approximate surface area is 108 Å². The van der Waals surface area contributed by atoms with Crippen molar-refractivity contribution in [3.8, 4) is 0 Å². The molecule has 0 bridgehead atoms. The number of rotatable bonds is 3. The molecule has 0 radical (unpaired) electrons. The van der Waals surface area contributed by atoms with Gasteiger partial charge in [0.2, 0.25) is 0 Å². The van der Waals surface area contributed by atoms with Crippen LogP contribution in [-0.4, -0.2) is 18.4 Å². The lowest BCUT2D eigenvalue weighted by molar-refractivity contribution is 0.598. The molecule has 3 N–H and O–H groups in total. The van der Waals surface area contributed by atoms with Crippen molar-refractivity contribution in [1.29, 1.82) is 0 Å². The molecule has 0 aliphatic heterocycles. The number of hydrogen-bond donors (Lipinski definition) is 3. The molecule has 0 atom stereocenters. The Morgan fingerprint density at radius 1 is 1.05 bits per heavy atom. The molecule has 100 valence electrons. The van der Waals surface area contributed by atoms with Crippen LogP contribution in [-0.2, 0) is 10.0 Å². The number of hydrogen-bond acceptors (Lipinski definition) is 4. The number of H-pyrrole nitrogens is 2. The van der Waals surface area contributed by atoms with E-state index < -0.39 is 26.2 Å². The smallest absolute Gasteiger partial charge is 0.310 e. The highest BCUT2D eigenvalue weighted by atomic mass is 32.2. The maximum absolute atomic E-state index is 12.1. The normalized spacial score (nSPS) is 11.2. The maximum Gasteiger partial charge on any atom is 0.325 e. The molecule has 0 fully saturated rings. The van der Waals surface area contributed by atoms with Crippen LogP contribution in [0.15, 0.2) is 44.8 Å². The van der Waals surface area contributed by atoms with E-state index in [1.54, 1.807) is 30.3 Å². The summed E-state index contributed by atoms with van der Waals surface area (Å²) >= 11 is 0. The van der Waals surface area contributed by atoms with E-state index in [0.717, 1.165) is 0 Å². The zero-order valence-electron chi connectivity index (χ0n) is 9.93. The summed E-state index contributed by atoms with van der Waals surface area (Å²) in [6.07, 6.45) is 0. The summed E-state index contributed by atoms with van der Waals surface area (Å²) in [5, 5.41) is 0. The summed E-state index contributed by atoms with van der Waals surface area (Å²) in [6, 6.07) is 8.14. The van der Waals surface area contributed by atoms with E-state index >= 15 is 0 Å². The minimum Gasteiger partial charge on any atom is -0.310 e. The number of aromatic nitrogens is 2. The molecule has 0 unspecified atom stereocenters. The number of sulfonamides is 1. The third kappa shape index (κ3) is 2.74. The zero-order chi connectivity index (χ0) is 14.0. The zero-order valence-corrected chi connectivity index (χ0v) is 10.7. The van der Waals surface area contributed by atoms with Gasteiger partial charge in [0.05, 0.1) is 0 Å². The van der Waals surface area contributed by atoms with Crippen molar-refractivity contribution >= 4 is 15.7 Å². The lowest BCUT2D eigenvalue weighted by atomic mass is 10.3. The summed E-state index contributed by atoms with van der Waals surface area (Å²) < 4.78 is 26.5. The summed E-state index contributed by atoms with van der Waals surface area (Å²) in [7, 11) is -4.06. The molecule has 0 spiro atoms. The summed E-state index contributed by atoms with van der Waals surface area (Å²) in [4.78, 5) is 26.2. The predicted molar refractivity (Wildman–Crippen MR) is 69.7 cm³/mol. The Morgan fingerprint density at radius 2 is 1.68 bits per heavy atom. The fourth-order valence-electron chi connectivity index (χ4n) is 1.62. The fraction of sp³-hybridized carbons (Fsp3) is 0.0909. The van der Waals surface area contributed by atoms with Gasteiger partial charge in [-0.1, -0.05) is 18.2 Å². The van der Waals surface area contributed by atoms with Gasteiger partial charge in [-0.25, -0.2) is 13.2 Å². The van der Waals surface area contributed by atoms with Gasteiger partial charge in [0, 0.05) is 11.4 Å². The number of aromatic amines is 2. The van der Waals surface area contributed by atoms with E-state index in [4.69, 9.17) is 0 Å². The number of anilines is 1. The van der Waals surface area contributed by atoms with Gasteiger partial charge in [0.15, 0.2) is 4.90 Å². The first kappa shape index (κ1) is 13.1. The first-order chi connectivity index (χ1) is 8.90. The average molecular weight is 281 g/mol. The molecule has 2 rings (SSSR count). The molecule has 0 saturated heterocycles. The highest BCUT2D eigenvalue weighted by Gasteiger charge is 2.22. The average Bonchev–Trinajstić information content (AvgIpc) is 2.27. The largest absolute Gasteiger partial charge is 0.325 e. The van der Waals surface area contributed by atoms with Crippen LogP contribution in [0.3, 0.4) is 0 Å². The van der Waals surface area contributed by atoms with Crippen molar-refractivity contribution in [1.82, 2.24) is 9.97 Å². The van der Waals surface area contributed by atoms with E-state index in [0.29, 0.717) is 5.69 Å². The SMILES string of the molecule is Cc1[nH]c(=O)[nH]c(=O)c1S(=O)(=O)Nc1ccccc1. The highest BCUT2D eigenvalue weighted by Crippen LogP contribution is 2.13. The molecule has 2 aromatic rings. The van der Waals surface area contributed by atoms with E-state index in [2.05, 4.69) is 9.71 Å². The lowest BCUT2D eigenvalue weighted by Crippen LogP contribution is -2.31. The van der Waals surface area contributed by atoms with Gasteiger partial charge in [-0.3, -0.25) is 14.5 Å². The number of aryl methyl sites for hydroxylation is 1. The van der Waals surface area contributed by atoms with Gasteiger partial charge in [-0.15, -0.1) is 0 Å². The lowest BCUT2D eigenvalue weighted by Gasteiger charge is -2.08. The van der Waals surface area contributed by atoms with Gasteiger partial charge in [0.25, 0.3) is 15.6 Å². The summed E-state index contributed by atoms with van der Waals surface area (Å²) in [5.41, 5.74) is -1.39. The first-order valence-electron chi connectivity index (χ1n) is 5.31. The van der Waals surface area contributed by atoms with Crippen LogP contribution in [0.1, 0.15) is 5.69 Å². The van der Waals surface area contributed by atoms with Crippen LogP contribution in [0.25, 0.3) is 0 Å². The summed E-state index contributed by atoms with van der Waals surface area (Å²) in [5.74, 6) is 0. The minimum atomic E-state index is -4.06. The van der Waals surface area contributed by atoms with Gasteiger partial charge in [-0.05, 0) is 19.1 Å². The molecule has 1 aromatic carbocycles. The fourth-order valence-corrected chi connectivity index (χ4v) is 2.92. The van der Waals surface area contributed by atoms with Gasteiger partial charge >= 0.3 is 5.69 Å². The monoisotopic (exact) mass is 281 g/mol. The quantitative estimate of drug-likeness (QED) is 0.744. The Morgan fingerprint density at radius 3 is 2.26 bits per heavy atom. The minimum absolute atomic E-state index is 0.0165. The predicted octanol–water partition coefficient (Wildman–Crippen LogP) is 0.172. The van der Waals surface area contributed by atoms with Crippen molar-refractivity contribution in [2.75, 3.05) is 4.72 Å². The molecule has 0 aliphatic carbocycles. The van der Waals surface area contributed by atoms with Gasteiger partial charge in [-0.2, -0.15) is 0 Å². The van der Waals surface area contributed by atoms with E-state index in [-0.39, 0.29) is 5.69 Å². The van der Waals surface area contributed by atoms with E-state index in [1.165, 1.54) is 6.92 Å². The Bertz CT molecular complexity index is 806. The van der Waals surface area contributed by atoms with Crippen LogP contribution in [0, 0.1) is 6.92 Å². The molecule has 0 saturated carbocycles. The van der Waals surface area contributed by atoms with Crippen molar-refractivity contribution in [2.45, 2.75) is 11.8 Å². The third-order valence-corrected chi connectivity index (χ3v) is 3.90. The number of benzene rings is 1.